The van der Waals surface area contributed by atoms with Crippen LogP contribution < -0.4 is 11.1 Å². The number of halogens is 1. The lowest BCUT2D eigenvalue weighted by atomic mass is 9.82. The lowest BCUT2D eigenvalue weighted by Gasteiger charge is -2.32. The molecule has 1 aliphatic rings. The molecule has 1 aliphatic carbocycles. The van der Waals surface area contributed by atoms with E-state index in [2.05, 4.69) is 17.2 Å². The number of hydrogen-bond donors (Lipinski definition) is 2. The third-order valence-corrected chi connectivity index (χ3v) is 4.65. The van der Waals surface area contributed by atoms with Crippen molar-refractivity contribution in [2.24, 2.45) is 5.73 Å². The average molecular weight is 304 g/mol. The van der Waals surface area contributed by atoms with Crippen molar-refractivity contribution in [3.8, 4) is 0 Å². The molecule has 1 amide bonds. The van der Waals surface area contributed by atoms with E-state index in [0.29, 0.717) is 6.54 Å². The Bertz CT molecular complexity index is 391. The predicted octanol–water partition coefficient (Wildman–Crippen LogP) is 2.45. The Kier molecular flexibility index (Phi) is 6.23. The summed E-state index contributed by atoms with van der Waals surface area (Å²) in [5, 5.41) is 6.00. The maximum absolute atomic E-state index is 12.1. The zero-order chi connectivity index (χ0) is 13.0. The molecule has 0 spiro atoms. The molecule has 6 heteroatoms. The van der Waals surface area contributed by atoms with Crippen LogP contribution >= 0.6 is 23.7 Å². The molecule has 2 rings (SSSR count). The molecule has 1 heterocycles. The Morgan fingerprint density at radius 3 is 2.79 bits per heavy atom. The van der Waals surface area contributed by atoms with Crippen molar-refractivity contribution >= 4 is 29.7 Å². The summed E-state index contributed by atoms with van der Waals surface area (Å²) in [5.41, 5.74) is 5.54. The van der Waals surface area contributed by atoms with E-state index in [1.807, 2.05) is 5.38 Å². The SMILES string of the molecule is CC(CNC(=O)C1(N)CCCCC1)c1nccs1.Cl. The Morgan fingerprint density at radius 1 is 1.53 bits per heavy atom. The van der Waals surface area contributed by atoms with E-state index in [-0.39, 0.29) is 24.2 Å². The van der Waals surface area contributed by atoms with Crippen LogP contribution in [0.2, 0.25) is 0 Å². The van der Waals surface area contributed by atoms with Gasteiger partial charge in [0.25, 0.3) is 0 Å². The number of amides is 1. The normalized spacial score (nSPS) is 19.3. The standard InChI is InChI=1S/C13H21N3OS.ClH/c1-10(11-15-7-8-18-11)9-16-12(17)13(14)5-3-2-4-6-13;/h7-8,10H,2-6,9,14H2,1H3,(H,16,17);1H. The maximum atomic E-state index is 12.1. The fourth-order valence-corrected chi connectivity index (χ4v) is 3.10. The number of hydrogen-bond acceptors (Lipinski definition) is 4. The second kappa shape index (κ2) is 7.22. The molecule has 108 valence electrons. The van der Waals surface area contributed by atoms with Crippen molar-refractivity contribution in [1.29, 1.82) is 0 Å². The van der Waals surface area contributed by atoms with Crippen molar-refractivity contribution in [2.45, 2.75) is 50.5 Å². The number of nitrogens with two attached hydrogens (primary N) is 1. The van der Waals surface area contributed by atoms with Crippen LogP contribution in [0.25, 0.3) is 0 Å². The molecule has 0 radical (unpaired) electrons. The second-order valence-electron chi connectivity index (χ2n) is 5.20. The molecule has 1 aromatic rings. The number of aromatic nitrogens is 1. The number of thiazole rings is 1. The summed E-state index contributed by atoms with van der Waals surface area (Å²) in [6.45, 7) is 2.69. The van der Waals surface area contributed by atoms with E-state index in [1.165, 1.54) is 6.42 Å². The van der Waals surface area contributed by atoms with E-state index in [9.17, 15) is 4.79 Å². The molecule has 3 N–H and O–H groups in total. The Labute approximate surface area is 124 Å². The molecule has 0 saturated heterocycles. The Morgan fingerprint density at radius 2 is 2.21 bits per heavy atom. The van der Waals surface area contributed by atoms with Gasteiger partial charge in [0, 0.05) is 24.0 Å². The largest absolute Gasteiger partial charge is 0.354 e. The van der Waals surface area contributed by atoms with Gasteiger partial charge in [0.15, 0.2) is 0 Å². The van der Waals surface area contributed by atoms with Crippen LogP contribution in [-0.2, 0) is 4.79 Å². The highest BCUT2D eigenvalue weighted by Crippen LogP contribution is 2.26. The first kappa shape index (κ1) is 16.4. The highest BCUT2D eigenvalue weighted by atomic mass is 35.5. The second-order valence-corrected chi connectivity index (χ2v) is 6.12. The summed E-state index contributed by atoms with van der Waals surface area (Å²) in [6.07, 6.45) is 6.73. The van der Waals surface area contributed by atoms with E-state index >= 15 is 0 Å². The number of rotatable bonds is 4. The molecule has 1 fully saturated rings. The van der Waals surface area contributed by atoms with Gasteiger partial charge in [-0.3, -0.25) is 4.79 Å². The van der Waals surface area contributed by atoms with Gasteiger partial charge in [-0.05, 0) is 12.8 Å². The molecule has 0 aromatic carbocycles. The number of carbonyl (C=O) groups is 1. The van der Waals surface area contributed by atoms with Crippen molar-refractivity contribution in [3.63, 3.8) is 0 Å². The van der Waals surface area contributed by atoms with Crippen LogP contribution in [0.4, 0.5) is 0 Å². The summed E-state index contributed by atoms with van der Waals surface area (Å²) < 4.78 is 0. The number of nitrogens with zero attached hydrogens (tertiary/aromatic N) is 1. The molecule has 1 atom stereocenters. The van der Waals surface area contributed by atoms with Gasteiger partial charge in [0.1, 0.15) is 0 Å². The fourth-order valence-electron chi connectivity index (χ4n) is 2.40. The third-order valence-electron chi connectivity index (χ3n) is 3.64. The number of carbonyl (C=O) groups excluding carboxylic acids is 1. The van der Waals surface area contributed by atoms with Crippen molar-refractivity contribution in [2.75, 3.05) is 6.54 Å². The van der Waals surface area contributed by atoms with Crippen LogP contribution in [-0.4, -0.2) is 23.0 Å². The van der Waals surface area contributed by atoms with E-state index in [0.717, 1.165) is 30.7 Å². The van der Waals surface area contributed by atoms with Gasteiger partial charge in [0.2, 0.25) is 5.91 Å². The Balaban J connectivity index is 0.00000180. The first-order chi connectivity index (χ1) is 8.62. The zero-order valence-electron chi connectivity index (χ0n) is 11.2. The average Bonchev–Trinajstić information content (AvgIpc) is 2.90. The minimum absolute atomic E-state index is 0. The molecule has 19 heavy (non-hydrogen) atoms. The maximum Gasteiger partial charge on any atom is 0.240 e. The molecule has 1 unspecified atom stereocenters. The lowest BCUT2D eigenvalue weighted by Crippen LogP contribution is -2.55. The predicted molar refractivity (Wildman–Crippen MR) is 80.8 cm³/mol. The van der Waals surface area contributed by atoms with Crippen LogP contribution in [0.15, 0.2) is 11.6 Å². The van der Waals surface area contributed by atoms with E-state index < -0.39 is 5.54 Å². The summed E-state index contributed by atoms with van der Waals surface area (Å²) in [7, 11) is 0. The Hall–Kier alpha value is -0.650. The van der Waals surface area contributed by atoms with Crippen molar-refractivity contribution in [3.05, 3.63) is 16.6 Å². The van der Waals surface area contributed by atoms with Gasteiger partial charge in [-0.1, -0.05) is 26.2 Å². The zero-order valence-corrected chi connectivity index (χ0v) is 12.9. The van der Waals surface area contributed by atoms with Gasteiger partial charge in [-0.25, -0.2) is 4.98 Å². The van der Waals surface area contributed by atoms with Gasteiger partial charge in [-0.2, -0.15) is 0 Å². The smallest absolute Gasteiger partial charge is 0.240 e. The molecule has 1 aromatic heterocycles. The van der Waals surface area contributed by atoms with E-state index in [1.54, 1.807) is 17.5 Å². The number of nitrogens with one attached hydrogen (secondary N) is 1. The molecule has 4 nitrogen and oxygen atoms in total. The quantitative estimate of drug-likeness (QED) is 0.898. The first-order valence-corrected chi connectivity index (χ1v) is 7.46. The van der Waals surface area contributed by atoms with Crippen molar-refractivity contribution in [1.82, 2.24) is 10.3 Å². The van der Waals surface area contributed by atoms with Crippen molar-refractivity contribution < 1.29 is 4.79 Å². The molecular formula is C13H22ClN3OS. The first-order valence-electron chi connectivity index (χ1n) is 6.58. The molecule has 1 saturated carbocycles. The third kappa shape index (κ3) is 4.16. The van der Waals surface area contributed by atoms with Crippen LogP contribution in [0.1, 0.15) is 50.0 Å². The lowest BCUT2D eigenvalue weighted by molar-refractivity contribution is -0.127. The highest BCUT2D eigenvalue weighted by molar-refractivity contribution is 7.09. The minimum atomic E-state index is -0.638. The van der Waals surface area contributed by atoms with Gasteiger partial charge in [-0.15, -0.1) is 23.7 Å². The summed E-state index contributed by atoms with van der Waals surface area (Å²) in [4.78, 5) is 16.4. The van der Waals surface area contributed by atoms with E-state index in [4.69, 9.17) is 5.73 Å². The summed E-state index contributed by atoms with van der Waals surface area (Å²) in [5.74, 6) is 0.256. The van der Waals surface area contributed by atoms with Crippen LogP contribution in [0, 0.1) is 0 Å². The molecule has 0 bridgehead atoms. The van der Waals surface area contributed by atoms with Gasteiger partial charge < -0.3 is 11.1 Å². The fraction of sp³-hybridized carbons (Fsp3) is 0.692. The minimum Gasteiger partial charge on any atom is -0.354 e. The summed E-state index contributed by atoms with van der Waals surface area (Å²) in [6, 6.07) is 0. The molecule has 0 aliphatic heterocycles. The van der Waals surface area contributed by atoms with Crippen LogP contribution in [0.3, 0.4) is 0 Å². The van der Waals surface area contributed by atoms with Crippen LogP contribution in [0.5, 0.6) is 0 Å². The monoisotopic (exact) mass is 303 g/mol. The molecular weight excluding hydrogens is 282 g/mol. The van der Waals surface area contributed by atoms with Gasteiger partial charge in [0.05, 0.1) is 10.5 Å². The topological polar surface area (TPSA) is 68.0 Å². The summed E-state index contributed by atoms with van der Waals surface area (Å²) >= 11 is 1.62. The van der Waals surface area contributed by atoms with Gasteiger partial charge >= 0.3 is 0 Å². The highest BCUT2D eigenvalue weighted by Gasteiger charge is 2.35.